The van der Waals surface area contributed by atoms with Crippen molar-refractivity contribution in [3.05, 3.63) is 29.3 Å². The molecule has 1 heterocycles. The van der Waals surface area contributed by atoms with E-state index in [4.69, 9.17) is 10.5 Å². The topological polar surface area (TPSA) is 64.3 Å². The Bertz CT molecular complexity index is 521. The smallest absolute Gasteiger partial charge is 0.227 e. The third-order valence-electron chi connectivity index (χ3n) is 5.07. The minimum atomic E-state index is -0.458. The minimum Gasteiger partial charge on any atom is -0.493 e. The van der Waals surface area contributed by atoms with Crippen LogP contribution in [0.2, 0.25) is 0 Å². The Kier molecular flexibility index (Phi) is 7.36. The molecule has 1 aliphatic heterocycles. The van der Waals surface area contributed by atoms with Gasteiger partial charge in [-0.05, 0) is 24.8 Å². The molecule has 1 amide bonds. The zero-order valence-electron chi connectivity index (χ0n) is 14.4. The number of rotatable bonds is 6. The van der Waals surface area contributed by atoms with Gasteiger partial charge >= 0.3 is 0 Å². The molecule has 1 atom stereocenters. The maximum Gasteiger partial charge on any atom is 0.227 e. The zero-order valence-corrected chi connectivity index (χ0v) is 15.2. The van der Waals surface area contributed by atoms with E-state index in [9.17, 15) is 4.79 Å². The summed E-state index contributed by atoms with van der Waals surface area (Å²) >= 11 is 0. The predicted octanol–water partition coefficient (Wildman–Crippen LogP) is 3.38. The number of benzene rings is 1. The van der Waals surface area contributed by atoms with Crippen LogP contribution in [0.3, 0.4) is 0 Å². The number of fused-ring (bicyclic) bond motifs is 1. The monoisotopic (exact) mass is 340 g/mol. The van der Waals surface area contributed by atoms with Gasteiger partial charge in [0.1, 0.15) is 5.75 Å². The van der Waals surface area contributed by atoms with Crippen molar-refractivity contribution in [3.8, 4) is 5.75 Å². The van der Waals surface area contributed by atoms with E-state index >= 15 is 0 Å². The van der Waals surface area contributed by atoms with Gasteiger partial charge in [-0.2, -0.15) is 0 Å². The molecule has 130 valence electrons. The highest BCUT2D eigenvalue weighted by Gasteiger charge is 2.35. The first-order valence-corrected chi connectivity index (χ1v) is 8.37. The predicted molar refractivity (Wildman–Crippen MR) is 96.1 cm³/mol. The van der Waals surface area contributed by atoms with Crippen molar-refractivity contribution in [2.45, 2.75) is 52.5 Å². The van der Waals surface area contributed by atoms with Crippen LogP contribution < -0.4 is 15.8 Å². The number of halogens is 1. The summed E-state index contributed by atoms with van der Waals surface area (Å²) in [5.41, 5.74) is 7.73. The Hall–Kier alpha value is -1.26. The molecule has 0 aromatic heterocycles. The molecule has 3 N–H and O–H groups in total. The number of nitrogens with one attached hydrogen (secondary N) is 1. The van der Waals surface area contributed by atoms with Crippen molar-refractivity contribution in [1.82, 2.24) is 5.32 Å². The van der Waals surface area contributed by atoms with Crippen LogP contribution in [0, 0.1) is 5.41 Å². The van der Waals surface area contributed by atoms with Gasteiger partial charge in [-0.25, -0.2) is 0 Å². The first kappa shape index (κ1) is 19.8. The van der Waals surface area contributed by atoms with Gasteiger partial charge in [0.15, 0.2) is 0 Å². The number of carbonyl (C=O) groups excluding carboxylic acids is 1. The molecule has 0 saturated carbocycles. The van der Waals surface area contributed by atoms with Crippen LogP contribution in [-0.2, 0) is 11.2 Å². The Morgan fingerprint density at radius 3 is 2.61 bits per heavy atom. The van der Waals surface area contributed by atoms with E-state index in [1.54, 1.807) is 0 Å². The largest absolute Gasteiger partial charge is 0.493 e. The molecule has 1 aliphatic rings. The summed E-state index contributed by atoms with van der Waals surface area (Å²) in [6.07, 6.45) is 3.26. The van der Waals surface area contributed by atoms with Gasteiger partial charge in [0.25, 0.3) is 0 Å². The maximum atomic E-state index is 12.8. The second-order valence-corrected chi connectivity index (χ2v) is 6.04. The Labute approximate surface area is 145 Å². The van der Waals surface area contributed by atoms with E-state index in [0.29, 0.717) is 13.2 Å². The molecule has 0 fully saturated rings. The van der Waals surface area contributed by atoms with E-state index in [2.05, 4.69) is 24.4 Å². The van der Waals surface area contributed by atoms with E-state index in [-0.39, 0.29) is 24.4 Å². The molecular formula is C18H29ClN2O2. The number of carbonyl (C=O) groups is 1. The summed E-state index contributed by atoms with van der Waals surface area (Å²) in [6, 6.07) is 6.21. The first-order valence-electron chi connectivity index (χ1n) is 8.37. The van der Waals surface area contributed by atoms with Gasteiger partial charge < -0.3 is 15.8 Å². The highest BCUT2D eigenvalue weighted by atomic mass is 35.5. The number of ether oxygens (including phenoxy) is 1. The fraction of sp³-hybridized carbons (Fsp3) is 0.611. The van der Waals surface area contributed by atoms with E-state index in [0.717, 1.165) is 37.0 Å². The van der Waals surface area contributed by atoms with Crippen molar-refractivity contribution in [1.29, 1.82) is 0 Å². The molecule has 2 rings (SSSR count). The van der Waals surface area contributed by atoms with Crippen molar-refractivity contribution in [2.24, 2.45) is 11.1 Å². The zero-order chi connectivity index (χ0) is 16.2. The highest BCUT2D eigenvalue weighted by Crippen LogP contribution is 2.36. The molecule has 0 spiro atoms. The van der Waals surface area contributed by atoms with Gasteiger partial charge in [0.05, 0.1) is 18.1 Å². The molecule has 0 radical (unpaired) electrons. The SMILES string of the molecule is CCc1cccc2c1OCCC2NC(=O)C(CC)(CC)CN.Cl. The Balaban J connectivity index is 0.00000264. The van der Waals surface area contributed by atoms with Gasteiger partial charge in [-0.15, -0.1) is 12.4 Å². The van der Waals surface area contributed by atoms with Crippen molar-refractivity contribution in [3.63, 3.8) is 0 Å². The van der Waals surface area contributed by atoms with E-state index < -0.39 is 5.41 Å². The van der Waals surface area contributed by atoms with Crippen LogP contribution in [0.5, 0.6) is 5.75 Å². The number of amides is 1. The normalized spacial score (nSPS) is 16.8. The number of aryl methyl sites for hydroxylation is 1. The van der Waals surface area contributed by atoms with Gasteiger partial charge in [0.2, 0.25) is 5.91 Å². The van der Waals surface area contributed by atoms with Crippen LogP contribution in [-0.4, -0.2) is 19.1 Å². The van der Waals surface area contributed by atoms with Crippen molar-refractivity contribution < 1.29 is 9.53 Å². The minimum absolute atomic E-state index is 0. The molecule has 0 saturated heterocycles. The first-order chi connectivity index (χ1) is 10.6. The average molecular weight is 341 g/mol. The van der Waals surface area contributed by atoms with Crippen LogP contribution >= 0.6 is 12.4 Å². The summed E-state index contributed by atoms with van der Waals surface area (Å²) in [5.74, 6) is 1.02. The van der Waals surface area contributed by atoms with Gasteiger partial charge in [-0.1, -0.05) is 39.0 Å². The molecule has 0 aliphatic carbocycles. The van der Waals surface area contributed by atoms with Crippen molar-refractivity contribution in [2.75, 3.05) is 13.2 Å². The highest BCUT2D eigenvalue weighted by molar-refractivity contribution is 5.85. The number of para-hydroxylation sites is 1. The number of hydrogen-bond acceptors (Lipinski definition) is 3. The van der Waals surface area contributed by atoms with Crippen LogP contribution in [0.25, 0.3) is 0 Å². The fourth-order valence-corrected chi connectivity index (χ4v) is 3.18. The third-order valence-corrected chi connectivity index (χ3v) is 5.07. The van der Waals surface area contributed by atoms with E-state index in [1.807, 2.05) is 19.9 Å². The molecule has 0 bridgehead atoms. The van der Waals surface area contributed by atoms with Gasteiger partial charge in [-0.3, -0.25) is 4.79 Å². The van der Waals surface area contributed by atoms with Crippen LogP contribution in [0.4, 0.5) is 0 Å². The molecule has 4 nitrogen and oxygen atoms in total. The summed E-state index contributed by atoms with van der Waals surface area (Å²) in [4.78, 5) is 12.8. The quantitative estimate of drug-likeness (QED) is 0.834. The molecular weight excluding hydrogens is 312 g/mol. The lowest BCUT2D eigenvalue weighted by molar-refractivity contribution is -0.132. The molecule has 23 heavy (non-hydrogen) atoms. The summed E-state index contributed by atoms with van der Waals surface area (Å²) in [5, 5.41) is 3.22. The Morgan fingerprint density at radius 1 is 1.35 bits per heavy atom. The van der Waals surface area contributed by atoms with Crippen LogP contribution in [0.1, 0.15) is 57.2 Å². The lowest BCUT2D eigenvalue weighted by Gasteiger charge is -2.34. The lowest BCUT2D eigenvalue weighted by atomic mass is 9.81. The third kappa shape index (κ3) is 3.81. The number of hydrogen-bond donors (Lipinski definition) is 2. The lowest BCUT2D eigenvalue weighted by Crippen LogP contribution is -2.47. The summed E-state index contributed by atoms with van der Waals surface area (Å²) in [7, 11) is 0. The molecule has 5 heteroatoms. The van der Waals surface area contributed by atoms with Crippen LogP contribution in [0.15, 0.2) is 18.2 Å². The second-order valence-electron chi connectivity index (χ2n) is 6.04. The summed E-state index contributed by atoms with van der Waals surface area (Å²) < 4.78 is 5.85. The fourth-order valence-electron chi connectivity index (χ4n) is 3.18. The van der Waals surface area contributed by atoms with Crippen molar-refractivity contribution >= 4 is 18.3 Å². The number of nitrogens with two attached hydrogens (primary N) is 1. The maximum absolute atomic E-state index is 12.8. The second kappa shape index (κ2) is 8.55. The summed E-state index contributed by atoms with van der Waals surface area (Å²) in [6.45, 7) is 7.21. The van der Waals surface area contributed by atoms with E-state index in [1.165, 1.54) is 5.56 Å². The molecule has 1 aromatic carbocycles. The Morgan fingerprint density at radius 2 is 2.04 bits per heavy atom. The molecule has 1 unspecified atom stereocenters. The average Bonchev–Trinajstić information content (AvgIpc) is 2.57. The standard InChI is InChI=1S/C18H28N2O2.ClH/c1-4-13-8-7-9-14-15(10-11-22-16(13)14)20-17(21)18(5-2,6-3)12-19;/h7-9,15H,4-6,10-12,19H2,1-3H3,(H,20,21);1H. The van der Waals surface area contributed by atoms with Gasteiger partial charge in [0, 0.05) is 18.5 Å². The molecule has 1 aromatic rings.